The molecule has 0 amide bonds. The summed E-state index contributed by atoms with van der Waals surface area (Å²) in [6.07, 6.45) is 0. The predicted octanol–water partition coefficient (Wildman–Crippen LogP) is 1.01. The number of aryl methyl sites for hydroxylation is 1. The summed E-state index contributed by atoms with van der Waals surface area (Å²) in [6.45, 7) is 5.99. The van der Waals surface area contributed by atoms with Crippen molar-refractivity contribution in [3.63, 3.8) is 0 Å². The summed E-state index contributed by atoms with van der Waals surface area (Å²) in [5.41, 5.74) is 4.13. The Bertz CT molecular complexity index is 342. The van der Waals surface area contributed by atoms with E-state index in [1.54, 1.807) is 0 Å². The predicted molar refractivity (Wildman–Crippen MR) is 64.5 cm³/mol. The molecule has 1 fully saturated rings. The maximum Gasteiger partial charge on any atom is 0.224 e. The van der Waals surface area contributed by atoms with Crippen LogP contribution in [-0.2, 0) is 0 Å². The van der Waals surface area contributed by atoms with Gasteiger partial charge < -0.3 is 10.3 Å². The van der Waals surface area contributed by atoms with E-state index in [0.29, 0.717) is 0 Å². The smallest absolute Gasteiger partial charge is 0.224 e. The number of rotatable bonds is 2. The highest BCUT2D eigenvalue weighted by Gasteiger charge is 2.14. The molecular formula is C10H16ClN5. The number of anilines is 1. The molecule has 1 aromatic heterocycles. The second kappa shape index (κ2) is 4.95. The highest BCUT2D eigenvalue weighted by Crippen LogP contribution is 2.11. The highest BCUT2D eigenvalue weighted by molar-refractivity contribution is 6.28. The summed E-state index contributed by atoms with van der Waals surface area (Å²) in [4.78, 5) is 10.5. The molecule has 0 aromatic carbocycles. The van der Waals surface area contributed by atoms with Crippen molar-refractivity contribution < 1.29 is 0 Å². The Kier molecular flexibility index (Phi) is 3.58. The molecule has 1 aliphatic heterocycles. The van der Waals surface area contributed by atoms with Crippen LogP contribution in [0.2, 0.25) is 5.28 Å². The van der Waals surface area contributed by atoms with Gasteiger partial charge in [-0.3, -0.25) is 0 Å². The van der Waals surface area contributed by atoms with Crippen LogP contribution in [0.25, 0.3) is 0 Å². The van der Waals surface area contributed by atoms with Gasteiger partial charge in [-0.25, -0.2) is 9.99 Å². The van der Waals surface area contributed by atoms with Gasteiger partial charge in [-0.2, -0.15) is 4.98 Å². The second-order valence-electron chi connectivity index (χ2n) is 4.07. The van der Waals surface area contributed by atoms with E-state index in [4.69, 9.17) is 11.6 Å². The summed E-state index contributed by atoms with van der Waals surface area (Å²) in [5, 5.41) is 2.44. The number of nitrogens with zero attached hydrogens (tertiary/aromatic N) is 4. The molecule has 2 rings (SSSR count). The molecular weight excluding hydrogens is 226 g/mol. The first-order valence-electron chi connectivity index (χ1n) is 5.35. The minimum absolute atomic E-state index is 0.289. The van der Waals surface area contributed by atoms with Crippen molar-refractivity contribution in [3.8, 4) is 0 Å². The average molecular weight is 242 g/mol. The number of hydrogen-bond donors (Lipinski definition) is 1. The third-order valence-electron chi connectivity index (χ3n) is 2.60. The van der Waals surface area contributed by atoms with Crippen molar-refractivity contribution in [1.29, 1.82) is 0 Å². The van der Waals surface area contributed by atoms with Gasteiger partial charge in [0.1, 0.15) is 5.82 Å². The molecule has 0 bridgehead atoms. The van der Waals surface area contributed by atoms with Crippen LogP contribution in [0.3, 0.4) is 0 Å². The minimum Gasteiger partial charge on any atom is -0.304 e. The topological polar surface area (TPSA) is 44.3 Å². The molecule has 0 radical (unpaired) electrons. The van der Waals surface area contributed by atoms with Crippen molar-refractivity contribution in [2.24, 2.45) is 0 Å². The fourth-order valence-corrected chi connectivity index (χ4v) is 1.89. The lowest BCUT2D eigenvalue weighted by molar-refractivity contribution is 0.178. The molecule has 0 spiro atoms. The lowest BCUT2D eigenvalue weighted by Gasteiger charge is -2.32. The van der Waals surface area contributed by atoms with E-state index in [9.17, 15) is 0 Å². The third-order valence-corrected chi connectivity index (χ3v) is 2.77. The Morgan fingerprint density at radius 2 is 1.94 bits per heavy atom. The maximum atomic E-state index is 5.80. The highest BCUT2D eigenvalue weighted by atomic mass is 35.5. The molecule has 0 unspecified atom stereocenters. The van der Waals surface area contributed by atoms with Gasteiger partial charge >= 0.3 is 0 Å². The second-order valence-corrected chi connectivity index (χ2v) is 4.40. The van der Waals surface area contributed by atoms with Crippen LogP contribution in [-0.4, -0.2) is 53.1 Å². The van der Waals surface area contributed by atoms with E-state index < -0.39 is 0 Å². The number of likely N-dealkylation sites (N-methyl/N-ethyl adjacent to an activating group) is 1. The Morgan fingerprint density at radius 1 is 1.25 bits per heavy atom. The van der Waals surface area contributed by atoms with Crippen molar-refractivity contribution in [2.45, 2.75) is 6.92 Å². The van der Waals surface area contributed by atoms with Crippen LogP contribution in [0.5, 0.6) is 0 Å². The lowest BCUT2D eigenvalue weighted by Crippen LogP contribution is -2.47. The Morgan fingerprint density at radius 3 is 2.56 bits per heavy atom. The summed E-state index contributed by atoms with van der Waals surface area (Å²) in [6, 6.07) is 1.89. The van der Waals surface area contributed by atoms with Crippen LogP contribution in [0.15, 0.2) is 6.07 Å². The van der Waals surface area contributed by atoms with Gasteiger partial charge in [-0.1, -0.05) is 0 Å². The first-order valence-corrected chi connectivity index (χ1v) is 5.72. The quantitative estimate of drug-likeness (QED) is 0.783. The Balaban J connectivity index is 1.98. The van der Waals surface area contributed by atoms with Gasteiger partial charge in [-0.05, 0) is 25.6 Å². The fourth-order valence-electron chi connectivity index (χ4n) is 1.67. The Hall–Kier alpha value is -0.910. The van der Waals surface area contributed by atoms with E-state index in [0.717, 1.165) is 37.7 Å². The van der Waals surface area contributed by atoms with Crippen LogP contribution >= 0.6 is 11.6 Å². The van der Waals surface area contributed by atoms with E-state index in [1.165, 1.54) is 0 Å². The molecule has 6 heteroatoms. The molecule has 1 saturated heterocycles. The van der Waals surface area contributed by atoms with Gasteiger partial charge in [0.05, 0.1) is 0 Å². The van der Waals surface area contributed by atoms with Crippen molar-refractivity contribution >= 4 is 17.4 Å². The normalized spacial score (nSPS) is 18.7. The average Bonchev–Trinajstić information content (AvgIpc) is 2.20. The van der Waals surface area contributed by atoms with E-state index in [2.05, 4.69) is 32.4 Å². The van der Waals surface area contributed by atoms with Gasteiger partial charge in [0.15, 0.2) is 0 Å². The number of halogens is 1. The van der Waals surface area contributed by atoms with Crippen LogP contribution in [0.4, 0.5) is 5.82 Å². The van der Waals surface area contributed by atoms with Gasteiger partial charge in [0, 0.05) is 37.9 Å². The van der Waals surface area contributed by atoms with E-state index >= 15 is 0 Å². The SMILES string of the molecule is Cc1cc(NN2CCN(C)CC2)nc(Cl)n1. The standard InChI is InChI=1S/C10H16ClN5/c1-8-7-9(13-10(11)12-8)14-16-5-3-15(2)4-6-16/h7H,3-6H2,1-2H3,(H,12,13,14). The van der Waals surface area contributed by atoms with Crippen molar-refractivity contribution in [2.75, 3.05) is 38.7 Å². The van der Waals surface area contributed by atoms with Crippen LogP contribution < -0.4 is 5.43 Å². The summed E-state index contributed by atoms with van der Waals surface area (Å²) < 4.78 is 0. The van der Waals surface area contributed by atoms with Crippen LogP contribution in [0, 0.1) is 6.92 Å². The number of hydrogen-bond acceptors (Lipinski definition) is 5. The van der Waals surface area contributed by atoms with Crippen molar-refractivity contribution in [1.82, 2.24) is 19.9 Å². The van der Waals surface area contributed by atoms with Crippen molar-refractivity contribution in [3.05, 3.63) is 17.0 Å². The zero-order valence-corrected chi connectivity index (χ0v) is 10.3. The van der Waals surface area contributed by atoms with E-state index in [-0.39, 0.29) is 5.28 Å². The largest absolute Gasteiger partial charge is 0.304 e. The first-order chi connectivity index (χ1) is 7.63. The third kappa shape index (κ3) is 3.04. The zero-order valence-electron chi connectivity index (χ0n) is 9.57. The molecule has 1 aromatic rings. The van der Waals surface area contributed by atoms with Crippen LogP contribution in [0.1, 0.15) is 5.69 Å². The number of hydrazine groups is 1. The molecule has 1 aliphatic rings. The Labute approximate surface area is 100 Å². The minimum atomic E-state index is 0.289. The number of piperazine rings is 1. The first kappa shape index (κ1) is 11.6. The summed E-state index contributed by atoms with van der Waals surface area (Å²) in [7, 11) is 2.13. The van der Waals surface area contributed by atoms with Gasteiger partial charge in [0.2, 0.25) is 5.28 Å². The monoisotopic (exact) mass is 241 g/mol. The molecule has 88 valence electrons. The van der Waals surface area contributed by atoms with Gasteiger partial charge in [0.25, 0.3) is 0 Å². The molecule has 5 nitrogen and oxygen atoms in total. The lowest BCUT2D eigenvalue weighted by atomic mass is 10.4. The molecule has 2 heterocycles. The van der Waals surface area contributed by atoms with E-state index in [1.807, 2.05) is 13.0 Å². The molecule has 16 heavy (non-hydrogen) atoms. The zero-order chi connectivity index (χ0) is 11.5. The molecule has 0 saturated carbocycles. The fraction of sp³-hybridized carbons (Fsp3) is 0.600. The number of nitrogens with one attached hydrogen (secondary N) is 1. The molecule has 1 N–H and O–H groups in total. The van der Waals surface area contributed by atoms with Gasteiger partial charge in [-0.15, -0.1) is 0 Å². The summed E-state index contributed by atoms with van der Waals surface area (Å²) in [5.74, 6) is 0.766. The molecule has 0 atom stereocenters. The molecule has 0 aliphatic carbocycles. The summed E-state index contributed by atoms with van der Waals surface area (Å²) >= 11 is 5.80. The number of aromatic nitrogens is 2. The maximum absolute atomic E-state index is 5.80.